The lowest BCUT2D eigenvalue weighted by Gasteiger charge is -2.30. The van der Waals surface area contributed by atoms with E-state index in [0.717, 1.165) is 41.5 Å². The topological polar surface area (TPSA) is 79.6 Å². The molecule has 0 aliphatic carbocycles. The van der Waals surface area contributed by atoms with Crippen LogP contribution in [0, 0.1) is 5.82 Å². The highest BCUT2D eigenvalue weighted by Crippen LogP contribution is 2.38. The van der Waals surface area contributed by atoms with Crippen LogP contribution in [0.3, 0.4) is 0 Å². The summed E-state index contributed by atoms with van der Waals surface area (Å²) in [5.41, 5.74) is -2.05. The third kappa shape index (κ3) is 4.30. The molecule has 6 nitrogen and oxygen atoms in total. The Balaban J connectivity index is 1.75. The molecule has 0 bridgehead atoms. The number of nitrogens with zero attached hydrogens (tertiary/aromatic N) is 2. The second-order valence-corrected chi connectivity index (χ2v) is 9.16. The highest BCUT2D eigenvalue weighted by Gasteiger charge is 2.37. The number of aromatic nitrogens is 1. The van der Waals surface area contributed by atoms with Gasteiger partial charge in [0.2, 0.25) is 0 Å². The Morgan fingerprint density at radius 1 is 0.895 bits per heavy atom. The summed E-state index contributed by atoms with van der Waals surface area (Å²) in [6.07, 6.45) is -2.89. The molecule has 0 saturated carbocycles. The maximum atomic E-state index is 15.0. The Kier molecular flexibility index (Phi) is 6.22. The average Bonchev–Trinajstić information content (AvgIpc) is 3.20. The normalized spacial score (nSPS) is 13.4. The number of alkyl halides is 3. The van der Waals surface area contributed by atoms with Crippen molar-refractivity contribution < 1.29 is 37.1 Å². The Morgan fingerprint density at radius 3 is 2.21 bits per heavy atom. The third-order valence-electron chi connectivity index (χ3n) is 6.45. The Bertz CT molecular complexity index is 1640. The molecule has 0 radical (unpaired) electrons. The van der Waals surface area contributed by atoms with Gasteiger partial charge in [-0.1, -0.05) is 29.8 Å². The summed E-state index contributed by atoms with van der Waals surface area (Å²) in [4.78, 5) is 39.3. The second-order valence-electron chi connectivity index (χ2n) is 8.76. The first-order valence-corrected chi connectivity index (χ1v) is 11.7. The number of fused-ring (bicyclic) bond motifs is 1. The molecule has 1 amide bonds. The van der Waals surface area contributed by atoms with Crippen LogP contribution in [-0.2, 0) is 6.18 Å². The molecule has 11 heteroatoms. The molecule has 0 unspecified atom stereocenters. The first-order chi connectivity index (χ1) is 18.0. The van der Waals surface area contributed by atoms with Crippen molar-refractivity contribution in [2.75, 3.05) is 13.1 Å². The lowest BCUT2D eigenvalue weighted by atomic mass is 10.0. The molecule has 1 fully saturated rings. The minimum Gasteiger partial charge on any atom is -0.478 e. The largest absolute Gasteiger partial charge is 0.478 e. The number of hydrogen-bond acceptors (Lipinski definition) is 3. The highest BCUT2D eigenvalue weighted by atomic mass is 35.5. The molecule has 194 valence electrons. The van der Waals surface area contributed by atoms with Gasteiger partial charge in [-0.2, -0.15) is 13.2 Å². The standard InChI is InChI=1S/C27H17ClF4N2O4/c28-20-4-1-3-19(27(30,31)32)23(20)25(36)34-13-18(16-7-6-15(26(37)38)11-21(16)29)17-8-5-14(12-22(17)34)24(35)33-9-2-10-33/h1,3-8,11-13H,2,9-10H2,(H,37,38). The summed E-state index contributed by atoms with van der Waals surface area (Å²) >= 11 is 6.07. The van der Waals surface area contributed by atoms with Crippen molar-refractivity contribution in [2.45, 2.75) is 12.6 Å². The predicted molar refractivity (Wildman–Crippen MR) is 131 cm³/mol. The molecule has 2 heterocycles. The summed E-state index contributed by atoms with van der Waals surface area (Å²) in [5.74, 6) is -3.70. The average molecular weight is 545 g/mol. The number of carbonyl (C=O) groups is 3. The first-order valence-electron chi connectivity index (χ1n) is 11.4. The SMILES string of the molecule is O=C(O)c1ccc(-c2cn(C(=O)c3c(Cl)cccc3C(F)(F)F)c3cc(C(=O)N4CCC4)ccc23)c(F)c1. The van der Waals surface area contributed by atoms with Crippen LogP contribution in [0.25, 0.3) is 22.0 Å². The summed E-state index contributed by atoms with van der Waals surface area (Å²) in [5, 5.41) is 8.99. The lowest BCUT2D eigenvalue weighted by Crippen LogP contribution is -2.42. The Morgan fingerprint density at radius 2 is 1.61 bits per heavy atom. The number of aromatic carboxylic acids is 1. The van der Waals surface area contributed by atoms with Crippen molar-refractivity contribution in [1.82, 2.24) is 9.47 Å². The van der Waals surface area contributed by atoms with E-state index in [9.17, 15) is 27.6 Å². The number of benzene rings is 3. The van der Waals surface area contributed by atoms with Gasteiger partial charge in [0, 0.05) is 41.4 Å². The van der Waals surface area contributed by atoms with Crippen molar-refractivity contribution in [2.24, 2.45) is 0 Å². The molecule has 1 saturated heterocycles. The van der Waals surface area contributed by atoms with E-state index in [-0.39, 0.29) is 39.1 Å². The third-order valence-corrected chi connectivity index (χ3v) is 6.77. The smallest absolute Gasteiger partial charge is 0.417 e. The fourth-order valence-electron chi connectivity index (χ4n) is 4.41. The molecule has 0 atom stereocenters. The lowest BCUT2D eigenvalue weighted by molar-refractivity contribution is -0.137. The van der Waals surface area contributed by atoms with Gasteiger partial charge < -0.3 is 10.0 Å². The second kappa shape index (κ2) is 9.29. The maximum absolute atomic E-state index is 15.0. The summed E-state index contributed by atoms with van der Waals surface area (Å²) in [6.45, 7) is 1.11. The minimum absolute atomic E-state index is 0.0612. The van der Waals surface area contributed by atoms with Crippen LogP contribution in [0.2, 0.25) is 5.02 Å². The van der Waals surface area contributed by atoms with E-state index in [1.165, 1.54) is 30.3 Å². The number of halogens is 5. The monoisotopic (exact) mass is 544 g/mol. The van der Waals surface area contributed by atoms with Crippen molar-refractivity contribution in [1.29, 1.82) is 0 Å². The van der Waals surface area contributed by atoms with Crippen LogP contribution >= 0.6 is 11.6 Å². The van der Waals surface area contributed by atoms with E-state index in [2.05, 4.69) is 0 Å². The van der Waals surface area contributed by atoms with Crippen LogP contribution in [0.1, 0.15) is 43.1 Å². The number of rotatable bonds is 4. The Hall–Kier alpha value is -4.18. The van der Waals surface area contributed by atoms with E-state index in [4.69, 9.17) is 16.7 Å². The zero-order valence-electron chi connectivity index (χ0n) is 19.4. The zero-order chi connectivity index (χ0) is 27.4. The number of hydrogen-bond donors (Lipinski definition) is 1. The molecule has 0 spiro atoms. The van der Waals surface area contributed by atoms with Gasteiger partial charge in [0.1, 0.15) is 5.82 Å². The number of carbonyl (C=O) groups excluding carboxylic acids is 2. The van der Waals surface area contributed by atoms with Gasteiger partial charge in [0.05, 0.1) is 27.2 Å². The van der Waals surface area contributed by atoms with Crippen LogP contribution in [0.4, 0.5) is 17.6 Å². The first kappa shape index (κ1) is 25.5. The van der Waals surface area contributed by atoms with Crippen LogP contribution in [-0.4, -0.2) is 45.4 Å². The molecule has 38 heavy (non-hydrogen) atoms. The zero-order valence-corrected chi connectivity index (χ0v) is 20.1. The molecule has 1 aliphatic heterocycles. The molecule has 3 aromatic carbocycles. The molecular weight excluding hydrogens is 528 g/mol. The molecular formula is C27H17ClF4N2O4. The van der Waals surface area contributed by atoms with E-state index in [1.807, 2.05) is 0 Å². The van der Waals surface area contributed by atoms with E-state index >= 15 is 4.39 Å². The molecule has 1 aromatic heterocycles. The number of likely N-dealkylation sites (tertiary alicyclic amines) is 1. The van der Waals surface area contributed by atoms with Crippen LogP contribution < -0.4 is 0 Å². The van der Waals surface area contributed by atoms with Gasteiger partial charge in [0.25, 0.3) is 11.8 Å². The summed E-state index contributed by atoms with van der Waals surface area (Å²) < 4.78 is 57.3. The van der Waals surface area contributed by atoms with Gasteiger partial charge in [-0.05, 0) is 42.8 Å². The van der Waals surface area contributed by atoms with Crippen LogP contribution in [0.15, 0.2) is 60.8 Å². The van der Waals surface area contributed by atoms with E-state index < -0.39 is 40.0 Å². The molecule has 1 N–H and O–H groups in total. The van der Waals surface area contributed by atoms with Gasteiger partial charge in [0.15, 0.2) is 0 Å². The van der Waals surface area contributed by atoms with Crippen molar-refractivity contribution in [3.05, 3.63) is 93.9 Å². The predicted octanol–water partition coefficient (Wildman–Crippen LogP) is 6.35. The van der Waals surface area contributed by atoms with Gasteiger partial charge in [-0.3, -0.25) is 14.2 Å². The quantitative estimate of drug-likeness (QED) is 0.304. The Labute approximate surface area is 217 Å². The van der Waals surface area contributed by atoms with Crippen molar-refractivity contribution in [3.63, 3.8) is 0 Å². The number of carboxylic acid groups (broad SMARTS) is 1. The fraction of sp³-hybridized carbons (Fsp3) is 0.148. The molecule has 5 rings (SSSR count). The van der Waals surface area contributed by atoms with E-state index in [1.54, 1.807) is 4.90 Å². The summed E-state index contributed by atoms with van der Waals surface area (Å²) in [7, 11) is 0. The fourth-order valence-corrected chi connectivity index (χ4v) is 4.66. The van der Waals surface area contributed by atoms with Crippen molar-refractivity contribution >= 4 is 40.3 Å². The highest BCUT2D eigenvalue weighted by molar-refractivity contribution is 6.34. The van der Waals surface area contributed by atoms with Gasteiger partial charge >= 0.3 is 12.1 Å². The number of amides is 1. The van der Waals surface area contributed by atoms with E-state index in [0.29, 0.717) is 13.1 Å². The minimum atomic E-state index is -4.89. The number of carboxylic acids is 1. The van der Waals surface area contributed by atoms with Crippen molar-refractivity contribution in [3.8, 4) is 11.1 Å². The van der Waals surface area contributed by atoms with Gasteiger partial charge in [-0.15, -0.1) is 0 Å². The van der Waals surface area contributed by atoms with Crippen LogP contribution in [0.5, 0.6) is 0 Å². The maximum Gasteiger partial charge on any atom is 0.417 e. The molecule has 1 aliphatic rings. The molecule has 4 aromatic rings. The van der Waals surface area contributed by atoms with Gasteiger partial charge in [-0.25, -0.2) is 9.18 Å². The summed E-state index contributed by atoms with van der Waals surface area (Å²) in [6, 6.07) is 10.5.